The first kappa shape index (κ1) is 21.3. The predicted octanol–water partition coefficient (Wildman–Crippen LogP) is 4.11. The molecule has 1 aromatic carbocycles. The standard InChI is InChI=1S/C26H26N8O/c1-15(2)24-23-22(33-13-20(29-14-33)18-11-30-32(3)12-18)8-9-28-26(23)34(31-24)21-7-6-17(25(27)35)10-19(21)16-4-5-16/h6-16H,4-5H2,1-3H3,(H2,27,35). The van der Waals surface area contributed by atoms with Crippen LogP contribution in [-0.4, -0.2) is 40.0 Å². The molecule has 1 saturated carbocycles. The van der Waals surface area contributed by atoms with E-state index in [1.807, 2.05) is 59.4 Å². The lowest BCUT2D eigenvalue weighted by molar-refractivity contribution is 0.1000. The molecule has 6 rings (SSSR count). The number of hydrogen-bond donors (Lipinski definition) is 1. The number of nitrogens with zero attached hydrogens (tertiary/aromatic N) is 7. The molecule has 4 aromatic heterocycles. The van der Waals surface area contributed by atoms with Crippen molar-refractivity contribution in [2.45, 2.75) is 38.5 Å². The molecule has 0 aliphatic heterocycles. The largest absolute Gasteiger partial charge is 0.366 e. The van der Waals surface area contributed by atoms with Crippen LogP contribution in [0.25, 0.3) is 33.7 Å². The smallest absolute Gasteiger partial charge is 0.248 e. The van der Waals surface area contributed by atoms with Crippen LogP contribution in [0.5, 0.6) is 0 Å². The van der Waals surface area contributed by atoms with Crippen LogP contribution in [0.4, 0.5) is 0 Å². The molecule has 4 heterocycles. The summed E-state index contributed by atoms with van der Waals surface area (Å²) in [5.74, 6) is 0.166. The van der Waals surface area contributed by atoms with Crippen LogP contribution in [0.1, 0.15) is 60.1 Å². The Hall–Kier alpha value is -4.27. The molecule has 2 N–H and O–H groups in total. The second-order valence-electron chi connectivity index (χ2n) is 9.46. The third-order valence-electron chi connectivity index (χ3n) is 6.54. The quantitative estimate of drug-likeness (QED) is 0.405. The molecule has 35 heavy (non-hydrogen) atoms. The summed E-state index contributed by atoms with van der Waals surface area (Å²) in [6.45, 7) is 4.27. The van der Waals surface area contributed by atoms with Gasteiger partial charge in [-0.15, -0.1) is 0 Å². The summed E-state index contributed by atoms with van der Waals surface area (Å²) in [6, 6.07) is 7.62. The maximum atomic E-state index is 11.8. The molecule has 1 aliphatic rings. The fraction of sp³-hybridized carbons (Fsp3) is 0.269. The van der Waals surface area contributed by atoms with E-state index < -0.39 is 5.91 Å². The van der Waals surface area contributed by atoms with Gasteiger partial charge < -0.3 is 10.3 Å². The Bertz CT molecular complexity index is 1580. The fourth-order valence-corrected chi connectivity index (χ4v) is 4.62. The lowest BCUT2D eigenvalue weighted by Crippen LogP contribution is -2.12. The first-order chi connectivity index (χ1) is 16.9. The summed E-state index contributed by atoms with van der Waals surface area (Å²) in [4.78, 5) is 21.2. The molecule has 0 spiro atoms. The number of primary amides is 1. The summed E-state index contributed by atoms with van der Waals surface area (Å²) < 4.78 is 5.70. The number of carbonyl (C=O) groups excluding carboxylic acids is 1. The molecule has 0 saturated heterocycles. The normalized spacial score (nSPS) is 13.7. The van der Waals surface area contributed by atoms with Crippen molar-refractivity contribution in [1.82, 2.24) is 34.1 Å². The van der Waals surface area contributed by atoms with Crippen molar-refractivity contribution < 1.29 is 4.79 Å². The van der Waals surface area contributed by atoms with Crippen molar-refractivity contribution >= 4 is 16.9 Å². The van der Waals surface area contributed by atoms with Crippen LogP contribution >= 0.6 is 0 Å². The number of benzene rings is 1. The lowest BCUT2D eigenvalue weighted by Gasteiger charge is -2.11. The van der Waals surface area contributed by atoms with Gasteiger partial charge in [-0.3, -0.25) is 9.48 Å². The van der Waals surface area contributed by atoms with E-state index in [-0.39, 0.29) is 5.92 Å². The number of nitrogens with two attached hydrogens (primary N) is 1. The minimum absolute atomic E-state index is 0.178. The Balaban J connectivity index is 1.54. The van der Waals surface area contributed by atoms with Crippen LogP contribution in [0.2, 0.25) is 0 Å². The Labute approximate surface area is 202 Å². The maximum absolute atomic E-state index is 11.8. The Kier molecular flexibility index (Phi) is 4.80. The third kappa shape index (κ3) is 3.60. The molecule has 1 aliphatic carbocycles. The van der Waals surface area contributed by atoms with Gasteiger partial charge in [-0.2, -0.15) is 10.2 Å². The number of hydrogen-bond acceptors (Lipinski definition) is 5. The van der Waals surface area contributed by atoms with Gasteiger partial charge in [-0.25, -0.2) is 14.6 Å². The van der Waals surface area contributed by atoms with Crippen LogP contribution in [-0.2, 0) is 7.05 Å². The van der Waals surface area contributed by atoms with E-state index in [0.29, 0.717) is 11.5 Å². The van der Waals surface area contributed by atoms with E-state index in [4.69, 9.17) is 15.8 Å². The highest BCUT2D eigenvalue weighted by Gasteiger charge is 2.29. The molecular formula is C26H26N8O. The van der Waals surface area contributed by atoms with E-state index in [9.17, 15) is 4.79 Å². The Morgan fingerprint density at radius 1 is 1.11 bits per heavy atom. The van der Waals surface area contributed by atoms with Gasteiger partial charge in [0.1, 0.15) is 0 Å². The van der Waals surface area contributed by atoms with E-state index in [2.05, 4.69) is 23.9 Å². The van der Waals surface area contributed by atoms with Crippen molar-refractivity contribution in [2.75, 3.05) is 0 Å². The molecule has 1 amide bonds. The average Bonchev–Trinajstić information content (AvgIpc) is 3.23. The van der Waals surface area contributed by atoms with Crippen molar-refractivity contribution in [3.05, 3.63) is 72.2 Å². The summed E-state index contributed by atoms with van der Waals surface area (Å²) in [7, 11) is 1.89. The first-order valence-corrected chi connectivity index (χ1v) is 11.8. The van der Waals surface area contributed by atoms with Gasteiger partial charge in [-0.1, -0.05) is 13.8 Å². The van der Waals surface area contributed by atoms with Gasteiger partial charge in [0.25, 0.3) is 0 Å². The van der Waals surface area contributed by atoms with Gasteiger partial charge >= 0.3 is 0 Å². The molecule has 1 fully saturated rings. The van der Waals surface area contributed by atoms with Crippen LogP contribution < -0.4 is 5.73 Å². The molecule has 9 nitrogen and oxygen atoms in total. The summed E-state index contributed by atoms with van der Waals surface area (Å²) in [6.07, 6.45) is 11.6. The second kappa shape index (κ2) is 7.90. The molecule has 0 radical (unpaired) electrons. The number of aryl methyl sites for hydroxylation is 1. The van der Waals surface area contributed by atoms with Crippen LogP contribution in [0.15, 0.2) is 55.4 Å². The average molecular weight is 467 g/mol. The van der Waals surface area contributed by atoms with Gasteiger partial charge in [-0.05, 0) is 54.5 Å². The first-order valence-electron chi connectivity index (χ1n) is 11.8. The van der Waals surface area contributed by atoms with E-state index in [1.165, 1.54) is 0 Å². The van der Waals surface area contributed by atoms with E-state index >= 15 is 0 Å². The SMILES string of the molecule is CC(C)c1nn(-c2ccc(C(N)=O)cc2C2CC2)c2nccc(-n3cnc(-c4cnn(C)c4)c3)c12. The van der Waals surface area contributed by atoms with Crippen molar-refractivity contribution in [3.8, 4) is 22.6 Å². The Morgan fingerprint density at radius 2 is 1.94 bits per heavy atom. The van der Waals surface area contributed by atoms with E-state index in [1.54, 1.807) is 16.9 Å². The number of rotatable bonds is 6. The minimum Gasteiger partial charge on any atom is -0.366 e. The number of amides is 1. The summed E-state index contributed by atoms with van der Waals surface area (Å²) in [5.41, 5.74) is 12.6. The highest BCUT2D eigenvalue weighted by atomic mass is 16.1. The molecule has 176 valence electrons. The molecular weight excluding hydrogens is 440 g/mol. The second-order valence-corrected chi connectivity index (χ2v) is 9.46. The number of aromatic nitrogens is 7. The Morgan fingerprint density at radius 3 is 2.63 bits per heavy atom. The van der Waals surface area contributed by atoms with Crippen molar-refractivity contribution in [1.29, 1.82) is 0 Å². The minimum atomic E-state index is -0.420. The predicted molar refractivity (Wildman–Crippen MR) is 133 cm³/mol. The van der Waals surface area contributed by atoms with Gasteiger partial charge in [0.05, 0.1) is 40.7 Å². The highest BCUT2D eigenvalue weighted by molar-refractivity contribution is 5.94. The zero-order chi connectivity index (χ0) is 24.3. The zero-order valence-electron chi connectivity index (χ0n) is 19.9. The summed E-state index contributed by atoms with van der Waals surface area (Å²) >= 11 is 0. The van der Waals surface area contributed by atoms with Crippen molar-refractivity contribution in [2.24, 2.45) is 12.8 Å². The van der Waals surface area contributed by atoms with Gasteiger partial charge in [0.2, 0.25) is 5.91 Å². The monoisotopic (exact) mass is 466 g/mol. The number of pyridine rings is 1. The fourth-order valence-electron chi connectivity index (χ4n) is 4.62. The number of carbonyl (C=O) groups is 1. The van der Waals surface area contributed by atoms with Gasteiger partial charge in [0, 0.05) is 36.8 Å². The summed E-state index contributed by atoms with van der Waals surface area (Å²) in [5, 5.41) is 10.3. The lowest BCUT2D eigenvalue weighted by atomic mass is 10.0. The van der Waals surface area contributed by atoms with Crippen molar-refractivity contribution in [3.63, 3.8) is 0 Å². The maximum Gasteiger partial charge on any atom is 0.248 e. The molecule has 5 aromatic rings. The van der Waals surface area contributed by atoms with Gasteiger partial charge in [0.15, 0.2) is 5.65 Å². The number of imidazole rings is 1. The molecule has 9 heteroatoms. The topological polar surface area (TPSA) is 109 Å². The zero-order valence-corrected chi connectivity index (χ0v) is 19.9. The molecule has 0 atom stereocenters. The van der Waals surface area contributed by atoms with Crippen LogP contribution in [0, 0.1) is 0 Å². The molecule has 0 bridgehead atoms. The third-order valence-corrected chi connectivity index (χ3v) is 6.54. The number of fused-ring (bicyclic) bond motifs is 1. The molecule has 0 unspecified atom stereocenters. The van der Waals surface area contributed by atoms with E-state index in [0.717, 1.165) is 57.8 Å². The highest BCUT2D eigenvalue weighted by Crippen LogP contribution is 2.44. The van der Waals surface area contributed by atoms with Crippen LogP contribution in [0.3, 0.4) is 0 Å².